The van der Waals surface area contributed by atoms with Crippen molar-refractivity contribution >= 4 is 12.4 Å². The van der Waals surface area contributed by atoms with E-state index in [2.05, 4.69) is 0 Å². The van der Waals surface area contributed by atoms with E-state index in [9.17, 15) is 0 Å². The molecule has 0 spiro atoms. The van der Waals surface area contributed by atoms with Gasteiger partial charge in [0.15, 0.2) is 0 Å². The summed E-state index contributed by atoms with van der Waals surface area (Å²) in [6.07, 6.45) is 0.747. The largest absolute Gasteiger partial charge is 0.395 e. The molecule has 0 aliphatic carbocycles. The molecule has 0 heterocycles. The zero-order chi connectivity index (χ0) is 8.10. The highest BCUT2D eigenvalue weighted by molar-refractivity contribution is 5.85. The second-order valence-electron chi connectivity index (χ2n) is 2.63. The number of hydrogen-bond acceptors (Lipinski definition) is 2. The molecule has 3 heteroatoms. The Kier molecular flexibility index (Phi) is 5.72. The zero-order valence-electron chi connectivity index (χ0n) is 6.81. The second-order valence-corrected chi connectivity index (χ2v) is 2.63. The Hall–Kier alpha value is -0.570. The molecule has 0 aliphatic rings. The Morgan fingerprint density at radius 2 is 1.83 bits per heavy atom. The van der Waals surface area contributed by atoms with E-state index in [1.165, 1.54) is 5.56 Å². The van der Waals surface area contributed by atoms with Crippen molar-refractivity contribution in [1.82, 2.24) is 0 Å². The van der Waals surface area contributed by atoms with Crippen LogP contribution in [0.5, 0.6) is 0 Å². The third kappa shape index (κ3) is 3.72. The third-order valence-corrected chi connectivity index (χ3v) is 1.58. The van der Waals surface area contributed by atoms with Crippen molar-refractivity contribution in [3.8, 4) is 0 Å². The van der Waals surface area contributed by atoms with Crippen LogP contribution in [-0.2, 0) is 6.42 Å². The minimum Gasteiger partial charge on any atom is -0.395 e. The Balaban J connectivity index is 0.00000121. The number of aliphatic hydroxyl groups is 1. The number of rotatable bonds is 3. The van der Waals surface area contributed by atoms with Crippen molar-refractivity contribution in [2.24, 2.45) is 5.73 Å². The van der Waals surface area contributed by atoms with Gasteiger partial charge in [-0.3, -0.25) is 0 Å². The normalized spacial score (nSPS) is 11.8. The lowest BCUT2D eigenvalue weighted by Gasteiger charge is -2.06. The predicted molar refractivity (Wildman–Crippen MR) is 52.5 cm³/mol. The highest BCUT2D eigenvalue weighted by atomic mass is 35.5. The highest BCUT2D eigenvalue weighted by Gasteiger charge is 1.99. The van der Waals surface area contributed by atoms with E-state index < -0.39 is 0 Å². The van der Waals surface area contributed by atoms with Gasteiger partial charge in [-0.15, -0.1) is 12.4 Å². The van der Waals surface area contributed by atoms with E-state index in [0.717, 1.165) is 6.42 Å². The van der Waals surface area contributed by atoms with Crippen LogP contribution in [0.2, 0.25) is 0 Å². The summed E-state index contributed by atoms with van der Waals surface area (Å²) in [5.74, 6) is 0. The molecule has 1 atom stereocenters. The van der Waals surface area contributed by atoms with Crippen LogP contribution in [0.3, 0.4) is 0 Å². The lowest BCUT2D eigenvalue weighted by Crippen LogP contribution is -2.26. The van der Waals surface area contributed by atoms with Gasteiger partial charge in [0.2, 0.25) is 0 Å². The molecule has 0 saturated heterocycles. The van der Waals surface area contributed by atoms with Gasteiger partial charge in [0, 0.05) is 6.04 Å². The summed E-state index contributed by atoms with van der Waals surface area (Å²) in [4.78, 5) is 0. The Bertz CT molecular complexity index is 203. The molecular weight excluding hydrogens is 174 g/mol. The van der Waals surface area contributed by atoms with E-state index >= 15 is 0 Å². The van der Waals surface area contributed by atoms with Gasteiger partial charge in [-0.25, -0.2) is 0 Å². The minimum atomic E-state index is -0.127. The predicted octanol–water partition coefficient (Wildman–Crippen LogP) is 0.970. The standard InChI is InChI=1S/C9H13NO.ClH/c10-9(7-11)6-8-4-2-1-3-5-8;/h1-5,9,11H,6-7,10H2;1H. The van der Waals surface area contributed by atoms with Crippen LogP contribution < -0.4 is 5.73 Å². The van der Waals surface area contributed by atoms with Gasteiger partial charge >= 0.3 is 0 Å². The van der Waals surface area contributed by atoms with Crippen LogP contribution in [0.1, 0.15) is 5.56 Å². The first-order chi connectivity index (χ1) is 5.33. The molecule has 68 valence electrons. The first-order valence-corrected chi connectivity index (χ1v) is 3.73. The highest BCUT2D eigenvalue weighted by Crippen LogP contribution is 2.00. The molecular formula is C9H14ClNO. The molecule has 0 aromatic heterocycles. The summed E-state index contributed by atoms with van der Waals surface area (Å²) in [7, 11) is 0. The van der Waals surface area contributed by atoms with Crippen LogP contribution in [0.25, 0.3) is 0 Å². The maximum absolute atomic E-state index is 8.67. The zero-order valence-corrected chi connectivity index (χ0v) is 7.63. The average molecular weight is 188 g/mol. The Morgan fingerprint density at radius 1 is 1.25 bits per heavy atom. The van der Waals surface area contributed by atoms with E-state index in [1.807, 2.05) is 30.3 Å². The second kappa shape index (κ2) is 6.00. The lowest BCUT2D eigenvalue weighted by atomic mass is 10.1. The van der Waals surface area contributed by atoms with Gasteiger partial charge in [0.25, 0.3) is 0 Å². The first-order valence-electron chi connectivity index (χ1n) is 3.73. The van der Waals surface area contributed by atoms with Crippen molar-refractivity contribution in [3.63, 3.8) is 0 Å². The molecule has 1 unspecified atom stereocenters. The van der Waals surface area contributed by atoms with Gasteiger partial charge in [0.1, 0.15) is 0 Å². The lowest BCUT2D eigenvalue weighted by molar-refractivity contribution is 0.265. The number of benzene rings is 1. The van der Waals surface area contributed by atoms with E-state index in [-0.39, 0.29) is 25.1 Å². The third-order valence-electron chi connectivity index (χ3n) is 1.58. The molecule has 1 aromatic rings. The molecule has 2 nitrogen and oxygen atoms in total. The van der Waals surface area contributed by atoms with E-state index in [4.69, 9.17) is 10.8 Å². The van der Waals surface area contributed by atoms with Crippen molar-refractivity contribution in [2.75, 3.05) is 6.61 Å². The number of nitrogens with two attached hydrogens (primary N) is 1. The quantitative estimate of drug-likeness (QED) is 0.741. The molecule has 3 N–H and O–H groups in total. The average Bonchev–Trinajstić information content (AvgIpc) is 2.06. The van der Waals surface area contributed by atoms with Crippen molar-refractivity contribution in [3.05, 3.63) is 35.9 Å². The topological polar surface area (TPSA) is 46.2 Å². The van der Waals surface area contributed by atoms with Crippen molar-refractivity contribution in [1.29, 1.82) is 0 Å². The summed E-state index contributed by atoms with van der Waals surface area (Å²) >= 11 is 0. The summed E-state index contributed by atoms with van der Waals surface area (Å²) in [5.41, 5.74) is 6.73. The Labute approximate surface area is 78.8 Å². The van der Waals surface area contributed by atoms with Crippen LogP contribution in [0, 0.1) is 0 Å². The van der Waals surface area contributed by atoms with E-state index in [1.54, 1.807) is 0 Å². The van der Waals surface area contributed by atoms with Crippen LogP contribution >= 0.6 is 12.4 Å². The maximum Gasteiger partial charge on any atom is 0.0585 e. The fourth-order valence-electron chi connectivity index (χ4n) is 0.981. The molecule has 0 amide bonds. The maximum atomic E-state index is 8.67. The van der Waals surface area contributed by atoms with E-state index in [0.29, 0.717) is 0 Å². The molecule has 0 saturated carbocycles. The molecule has 0 fully saturated rings. The van der Waals surface area contributed by atoms with Crippen LogP contribution in [0.4, 0.5) is 0 Å². The molecule has 12 heavy (non-hydrogen) atoms. The summed E-state index contributed by atoms with van der Waals surface area (Å²) in [6.45, 7) is 0.0505. The van der Waals surface area contributed by atoms with Crippen LogP contribution in [-0.4, -0.2) is 17.8 Å². The van der Waals surface area contributed by atoms with Gasteiger partial charge in [0.05, 0.1) is 6.61 Å². The molecule has 0 bridgehead atoms. The van der Waals surface area contributed by atoms with Gasteiger partial charge in [-0.1, -0.05) is 30.3 Å². The minimum absolute atomic E-state index is 0. The number of halogens is 1. The fourth-order valence-corrected chi connectivity index (χ4v) is 0.981. The van der Waals surface area contributed by atoms with Crippen LogP contribution in [0.15, 0.2) is 30.3 Å². The Morgan fingerprint density at radius 3 is 2.33 bits per heavy atom. The molecule has 1 rings (SSSR count). The fraction of sp³-hybridized carbons (Fsp3) is 0.333. The molecule has 0 radical (unpaired) electrons. The first kappa shape index (κ1) is 11.4. The summed E-state index contributed by atoms with van der Waals surface area (Å²) in [6, 6.07) is 9.80. The number of hydrogen-bond donors (Lipinski definition) is 2. The SMILES string of the molecule is Cl.NC(CO)Cc1ccccc1. The van der Waals surface area contributed by atoms with Gasteiger partial charge < -0.3 is 10.8 Å². The molecule has 1 aromatic carbocycles. The summed E-state index contributed by atoms with van der Waals surface area (Å²) in [5, 5.41) is 8.67. The van der Waals surface area contributed by atoms with Crippen molar-refractivity contribution < 1.29 is 5.11 Å². The summed E-state index contributed by atoms with van der Waals surface area (Å²) < 4.78 is 0. The molecule has 0 aliphatic heterocycles. The van der Waals surface area contributed by atoms with Crippen molar-refractivity contribution in [2.45, 2.75) is 12.5 Å². The van der Waals surface area contributed by atoms with Gasteiger partial charge in [-0.2, -0.15) is 0 Å². The monoisotopic (exact) mass is 187 g/mol. The number of aliphatic hydroxyl groups excluding tert-OH is 1. The van der Waals surface area contributed by atoms with Gasteiger partial charge in [-0.05, 0) is 12.0 Å². The smallest absolute Gasteiger partial charge is 0.0585 e.